The molecule has 1 aliphatic carbocycles. The molecule has 2 atom stereocenters. The van der Waals surface area contributed by atoms with Crippen molar-refractivity contribution in [2.75, 3.05) is 0 Å². The molecule has 2 nitrogen and oxygen atoms in total. The monoisotopic (exact) mass is 428 g/mol. The Balaban J connectivity index is 1.36. The number of ether oxygens (including phenoxy) is 1. The van der Waals surface area contributed by atoms with Crippen LogP contribution in [0.4, 0.5) is 4.39 Å². The SMILES string of the molecule is CC(=O)CC(c1ccc2c(c1)CC(c1ccc(-c3cc(C)ccc3F)cc1)OC2)C1CC1. The molecular weight excluding hydrogens is 399 g/mol. The summed E-state index contributed by atoms with van der Waals surface area (Å²) in [5.41, 5.74) is 7.52. The Morgan fingerprint density at radius 3 is 2.53 bits per heavy atom. The molecule has 0 saturated heterocycles. The summed E-state index contributed by atoms with van der Waals surface area (Å²) in [6.45, 7) is 4.27. The second-order valence-electron chi connectivity index (χ2n) is 9.49. The lowest BCUT2D eigenvalue weighted by Gasteiger charge is -2.27. The van der Waals surface area contributed by atoms with Gasteiger partial charge >= 0.3 is 0 Å². The van der Waals surface area contributed by atoms with Crippen molar-refractivity contribution in [3.8, 4) is 11.1 Å². The van der Waals surface area contributed by atoms with Gasteiger partial charge in [0.15, 0.2) is 0 Å². The Hall–Kier alpha value is -2.78. The summed E-state index contributed by atoms with van der Waals surface area (Å²) >= 11 is 0. The number of rotatable bonds is 6. The van der Waals surface area contributed by atoms with Crippen molar-refractivity contribution in [2.24, 2.45) is 5.92 Å². The fraction of sp³-hybridized carbons (Fsp3) is 0.345. The van der Waals surface area contributed by atoms with Crippen LogP contribution in [0.15, 0.2) is 60.7 Å². The number of hydrogen-bond acceptors (Lipinski definition) is 2. The van der Waals surface area contributed by atoms with Gasteiger partial charge in [0.25, 0.3) is 0 Å². The van der Waals surface area contributed by atoms with E-state index < -0.39 is 0 Å². The van der Waals surface area contributed by atoms with E-state index in [2.05, 4.69) is 30.3 Å². The minimum Gasteiger partial charge on any atom is -0.368 e. The van der Waals surface area contributed by atoms with Crippen molar-refractivity contribution in [1.82, 2.24) is 0 Å². The number of aryl methyl sites for hydroxylation is 1. The molecule has 2 unspecified atom stereocenters. The Morgan fingerprint density at radius 2 is 1.81 bits per heavy atom. The van der Waals surface area contributed by atoms with E-state index in [-0.39, 0.29) is 17.7 Å². The molecule has 0 N–H and O–H groups in total. The zero-order valence-corrected chi connectivity index (χ0v) is 18.7. The van der Waals surface area contributed by atoms with Crippen LogP contribution in [0, 0.1) is 18.7 Å². The van der Waals surface area contributed by atoms with Crippen LogP contribution in [0.5, 0.6) is 0 Å². The van der Waals surface area contributed by atoms with Crippen molar-refractivity contribution in [3.63, 3.8) is 0 Å². The zero-order chi connectivity index (χ0) is 22.2. The summed E-state index contributed by atoms with van der Waals surface area (Å²) in [6, 6.07) is 20.0. The molecule has 3 aromatic rings. The maximum absolute atomic E-state index is 14.3. The number of carbonyl (C=O) groups is 1. The van der Waals surface area contributed by atoms with Crippen molar-refractivity contribution < 1.29 is 13.9 Å². The molecule has 164 valence electrons. The fourth-order valence-electron chi connectivity index (χ4n) is 4.97. The maximum atomic E-state index is 14.3. The van der Waals surface area contributed by atoms with E-state index in [9.17, 15) is 9.18 Å². The molecule has 1 aliphatic heterocycles. The van der Waals surface area contributed by atoms with E-state index in [4.69, 9.17) is 4.74 Å². The minimum atomic E-state index is -0.200. The van der Waals surface area contributed by atoms with E-state index in [0.717, 1.165) is 23.1 Å². The topological polar surface area (TPSA) is 26.3 Å². The predicted octanol–water partition coefficient (Wildman–Crippen LogP) is 7.09. The second kappa shape index (κ2) is 8.63. The molecule has 0 bridgehead atoms. The average Bonchev–Trinajstić information content (AvgIpc) is 3.64. The number of Topliss-reactive ketones (excluding diaryl/α,β-unsaturated/α-hetero) is 1. The Morgan fingerprint density at radius 1 is 1.03 bits per heavy atom. The Bertz CT molecular complexity index is 1140. The summed E-state index contributed by atoms with van der Waals surface area (Å²) < 4.78 is 20.4. The minimum absolute atomic E-state index is 0.0126. The Kier molecular flexibility index (Phi) is 5.69. The van der Waals surface area contributed by atoms with Crippen LogP contribution in [0.1, 0.15) is 66.0 Å². The zero-order valence-electron chi connectivity index (χ0n) is 18.7. The highest BCUT2D eigenvalue weighted by Crippen LogP contribution is 2.45. The van der Waals surface area contributed by atoms with Gasteiger partial charge in [-0.3, -0.25) is 0 Å². The summed E-state index contributed by atoms with van der Waals surface area (Å²) in [7, 11) is 0. The third-order valence-corrected chi connectivity index (χ3v) is 6.92. The molecule has 0 aromatic heterocycles. The lowest BCUT2D eigenvalue weighted by molar-refractivity contribution is -0.117. The normalized spacial score (nSPS) is 18.8. The smallest absolute Gasteiger partial charge is 0.131 e. The van der Waals surface area contributed by atoms with Gasteiger partial charge in [0.2, 0.25) is 0 Å². The van der Waals surface area contributed by atoms with Gasteiger partial charge in [-0.2, -0.15) is 0 Å². The lowest BCUT2D eigenvalue weighted by Crippen LogP contribution is -2.16. The molecule has 0 spiro atoms. The Labute approximate surface area is 189 Å². The van der Waals surface area contributed by atoms with E-state index >= 15 is 0 Å². The van der Waals surface area contributed by atoms with E-state index in [1.54, 1.807) is 13.0 Å². The highest BCUT2D eigenvalue weighted by molar-refractivity contribution is 5.76. The number of fused-ring (bicyclic) bond motifs is 1. The van der Waals surface area contributed by atoms with E-state index in [0.29, 0.717) is 30.4 Å². The molecule has 2 aliphatic rings. The van der Waals surface area contributed by atoms with Crippen LogP contribution >= 0.6 is 0 Å². The summed E-state index contributed by atoms with van der Waals surface area (Å²) in [6.07, 6.45) is 3.91. The van der Waals surface area contributed by atoms with Gasteiger partial charge in [0, 0.05) is 18.4 Å². The molecule has 5 rings (SSSR count). The number of ketones is 1. The highest BCUT2D eigenvalue weighted by Gasteiger charge is 2.33. The maximum Gasteiger partial charge on any atom is 0.131 e. The van der Waals surface area contributed by atoms with Crippen LogP contribution in [-0.2, 0) is 22.6 Å². The lowest BCUT2D eigenvalue weighted by atomic mass is 9.85. The fourth-order valence-corrected chi connectivity index (χ4v) is 4.97. The highest BCUT2D eigenvalue weighted by atomic mass is 19.1. The molecule has 0 amide bonds. The van der Waals surface area contributed by atoms with Crippen LogP contribution in [0.2, 0.25) is 0 Å². The van der Waals surface area contributed by atoms with Gasteiger partial charge in [0.05, 0.1) is 12.7 Å². The number of carbonyl (C=O) groups excluding carboxylic acids is 1. The first kappa shape index (κ1) is 21.1. The molecule has 3 heteroatoms. The summed E-state index contributed by atoms with van der Waals surface area (Å²) in [4.78, 5) is 11.8. The van der Waals surface area contributed by atoms with Gasteiger partial charge < -0.3 is 9.53 Å². The molecule has 1 heterocycles. The number of halogens is 1. The van der Waals surface area contributed by atoms with Crippen molar-refractivity contribution in [3.05, 3.63) is 94.3 Å². The van der Waals surface area contributed by atoms with Crippen LogP contribution < -0.4 is 0 Å². The van der Waals surface area contributed by atoms with Gasteiger partial charge in [-0.1, -0.05) is 54.1 Å². The van der Waals surface area contributed by atoms with E-state index in [1.165, 1.54) is 35.6 Å². The second-order valence-corrected chi connectivity index (χ2v) is 9.49. The largest absolute Gasteiger partial charge is 0.368 e. The molecule has 0 radical (unpaired) electrons. The molecule has 3 aromatic carbocycles. The first-order valence-corrected chi connectivity index (χ1v) is 11.6. The quantitative estimate of drug-likeness (QED) is 0.419. The van der Waals surface area contributed by atoms with Gasteiger partial charge in [0.1, 0.15) is 11.6 Å². The molecule has 1 fully saturated rings. The average molecular weight is 429 g/mol. The van der Waals surface area contributed by atoms with Crippen LogP contribution in [-0.4, -0.2) is 5.78 Å². The predicted molar refractivity (Wildman–Crippen MR) is 125 cm³/mol. The standard InChI is InChI=1S/C29H29FO2/c1-18-3-12-28(30)27(13-18)21-6-8-22(9-7-21)29-16-25-15-23(10-11-24(25)17-32-29)26(14-19(2)31)20-4-5-20/h3,6-13,15,20,26,29H,4-5,14,16-17H2,1-2H3. The van der Waals surface area contributed by atoms with Crippen molar-refractivity contribution in [2.45, 2.75) is 58.2 Å². The first-order chi connectivity index (χ1) is 15.5. The molecule has 32 heavy (non-hydrogen) atoms. The summed E-state index contributed by atoms with van der Waals surface area (Å²) in [5.74, 6) is 1.07. The van der Waals surface area contributed by atoms with Gasteiger partial charge in [-0.05, 0) is 78.5 Å². The van der Waals surface area contributed by atoms with Crippen LogP contribution in [0.25, 0.3) is 11.1 Å². The van der Waals surface area contributed by atoms with Crippen LogP contribution in [0.3, 0.4) is 0 Å². The molecular formula is C29H29FO2. The first-order valence-electron chi connectivity index (χ1n) is 11.6. The number of hydrogen-bond donors (Lipinski definition) is 0. The van der Waals surface area contributed by atoms with Gasteiger partial charge in [-0.25, -0.2) is 4.39 Å². The molecule has 1 saturated carbocycles. The third-order valence-electron chi connectivity index (χ3n) is 6.92. The van der Waals surface area contributed by atoms with Gasteiger partial charge in [-0.15, -0.1) is 0 Å². The summed E-state index contributed by atoms with van der Waals surface area (Å²) in [5, 5.41) is 0. The third kappa shape index (κ3) is 4.40. The number of benzene rings is 3. The van der Waals surface area contributed by atoms with Crippen molar-refractivity contribution in [1.29, 1.82) is 0 Å². The van der Waals surface area contributed by atoms with Crippen molar-refractivity contribution >= 4 is 5.78 Å². The van der Waals surface area contributed by atoms with E-state index in [1.807, 2.05) is 25.1 Å².